The predicted octanol–water partition coefficient (Wildman–Crippen LogP) is 4.40. The third-order valence-electron chi connectivity index (χ3n) is 4.36. The van der Waals surface area contributed by atoms with E-state index in [9.17, 15) is 29.8 Å². The molecule has 0 bridgehead atoms. The Balaban J connectivity index is 1.70. The van der Waals surface area contributed by atoms with Crippen LogP contribution in [-0.4, -0.2) is 21.7 Å². The van der Waals surface area contributed by atoms with Crippen molar-refractivity contribution in [3.05, 3.63) is 103 Å². The molecule has 0 saturated carbocycles. The van der Waals surface area contributed by atoms with E-state index < -0.39 is 34.0 Å². The lowest BCUT2D eigenvalue weighted by Crippen LogP contribution is -2.12. The van der Waals surface area contributed by atoms with Crippen LogP contribution < -0.4 is 10.5 Å². The van der Waals surface area contributed by atoms with Gasteiger partial charge in [0.1, 0.15) is 12.4 Å². The number of nitro groups is 2. The first-order valence-corrected chi connectivity index (χ1v) is 9.49. The largest absolute Gasteiger partial charge is 0.457 e. The van der Waals surface area contributed by atoms with E-state index in [0.29, 0.717) is 0 Å². The molecule has 11 nitrogen and oxygen atoms in total. The summed E-state index contributed by atoms with van der Waals surface area (Å²) in [4.78, 5) is 44.6. The SMILES string of the molecule is NC(=O)c1ccc(COC(=O)c2ccc(Oc3ccc(Cl)cc3[N+](=O)[O-])cc2)c([N+](=O)[O-])c1. The summed E-state index contributed by atoms with van der Waals surface area (Å²) >= 11 is 5.77. The summed E-state index contributed by atoms with van der Waals surface area (Å²) < 4.78 is 10.6. The van der Waals surface area contributed by atoms with E-state index in [4.69, 9.17) is 26.8 Å². The van der Waals surface area contributed by atoms with Gasteiger partial charge in [-0.15, -0.1) is 0 Å². The van der Waals surface area contributed by atoms with Gasteiger partial charge in [-0.05, 0) is 48.5 Å². The second-order valence-corrected chi connectivity index (χ2v) is 6.97. The van der Waals surface area contributed by atoms with Crippen molar-refractivity contribution in [1.82, 2.24) is 0 Å². The van der Waals surface area contributed by atoms with Crippen LogP contribution in [0.5, 0.6) is 11.5 Å². The van der Waals surface area contributed by atoms with Crippen LogP contribution in [0.25, 0.3) is 0 Å². The molecule has 0 saturated heterocycles. The molecule has 168 valence electrons. The zero-order valence-electron chi connectivity index (χ0n) is 16.6. The number of nitro benzene ring substituents is 2. The topological polar surface area (TPSA) is 165 Å². The molecule has 0 radical (unpaired) electrons. The number of halogens is 1. The molecule has 0 spiro atoms. The summed E-state index contributed by atoms with van der Waals surface area (Å²) in [5.41, 5.74) is 4.54. The Morgan fingerprint density at radius 2 is 1.52 bits per heavy atom. The molecule has 3 aromatic carbocycles. The lowest BCUT2D eigenvalue weighted by molar-refractivity contribution is -0.385. The van der Waals surface area contributed by atoms with E-state index in [-0.39, 0.29) is 38.9 Å². The molecule has 0 heterocycles. The quantitative estimate of drug-likeness (QED) is 0.286. The van der Waals surface area contributed by atoms with Gasteiger partial charge >= 0.3 is 11.7 Å². The summed E-state index contributed by atoms with van der Waals surface area (Å²) in [5, 5.41) is 22.6. The summed E-state index contributed by atoms with van der Waals surface area (Å²) in [5.74, 6) is -1.42. The van der Waals surface area contributed by atoms with Crippen LogP contribution in [-0.2, 0) is 11.3 Å². The molecule has 0 unspecified atom stereocenters. The third-order valence-corrected chi connectivity index (χ3v) is 4.60. The molecule has 0 aliphatic heterocycles. The van der Waals surface area contributed by atoms with Crippen molar-refractivity contribution in [3.63, 3.8) is 0 Å². The van der Waals surface area contributed by atoms with Crippen LogP contribution in [0.15, 0.2) is 60.7 Å². The molecule has 0 fully saturated rings. The van der Waals surface area contributed by atoms with E-state index in [1.807, 2.05) is 0 Å². The highest BCUT2D eigenvalue weighted by atomic mass is 35.5. The normalized spacial score (nSPS) is 10.3. The van der Waals surface area contributed by atoms with Crippen LogP contribution in [0.3, 0.4) is 0 Å². The molecular weight excluding hydrogens is 458 g/mol. The molecule has 3 aromatic rings. The van der Waals surface area contributed by atoms with Gasteiger partial charge in [0.15, 0.2) is 0 Å². The Labute approximate surface area is 190 Å². The fourth-order valence-corrected chi connectivity index (χ4v) is 2.91. The molecule has 0 atom stereocenters. The number of benzene rings is 3. The molecule has 12 heteroatoms. The fourth-order valence-electron chi connectivity index (χ4n) is 2.74. The average Bonchev–Trinajstić information content (AvgIpc) is 2.78. The summed E-state index contributed by atoms with van der Waals surface area (Å²) in [6.45, 7) is -0.413. The predicted molar refractivity (Wildman–Crippen MR) is 115 cm³/mol. The van der Waals surface area contributed by atoms with Crippen molar-refractivity contribution in [3.8, 4) is 11.5 Å². The number of hydrogen-bond acceptors (Lipinski definition) is 8. The maximum Gasteiger partial charge on any atom is 0.338 e. The van der Waals surface area contributed by atoms with Gasteiger partial charge in [-0.2, -0.15) is 0 Å². The van der Waals surface area contributed by atoms with Crippen LogP contribution in [0.1, 0.15) is 26.3 Å². The van der Waals surface area contributed by atoms with E-state index in [0.717, 1.165) is 12.1 Å². The standard InChI is InChI=1S/C21H14ClN3O8/c22-15-5-8-19(18(10-15)25(30)31)33-16-6-3-12(4-7-16)21(27)32-11-14-2-1-13(20(23)26)9-17(14)24(28)29/h1-10H,11H2,(H2,23,26). The monoisotopic (exact) mass is 471 g/mol. The van der Waals surface area contributed by atoms with Gasteiger partial charge in [-0.25, -0.2) is 4.79 Å². The second-order valence-electron chi connectivity index (χ2n) is 6.54. The number of hydrogen-bond donors (Lipinski definition) is 1. The van der Waals surface area contributed by atoms with Crippen molar-refractivity contribution in [1.29, 1.82) is 0 Å². The summed E-state index contributed by atoms with van der Waals surface area (Å²) in [6, 6.07) is 13.0. The number of rotatable bonds is 8. The number of nitrogens with two attached hydrogens (primary N) is 1. The zero-order chi connectivity index (χ0) is 24.1. The first-order chi connectivity index (χ1) is 15.7. The molecule has 2 N–H and O–H groups in total. The number of nitrogens with zero attached hydrogens (tertiary/aromatic N) is 2. The minimum Gasteiger partial charge on any atom is -0.457 e. The zero-order valence-corrected chi connectivity index (χ0v) is 17.4. The molecule has 33 heavy (non-hydrogen) atoms. The third kappa shape index (κ3) is 5.60. The van der Waals surface area contributed by atoms with E-state index in [1.54, 1.807) is 0 Å². The van der Waals surface area contributed by atoms with E-state index in [1.165, 1.54) is 48.5 Å². The highest BCUT2D eigenvalue weighted by Crippen LogP contribution is 2.33. The van der Waals surface area contributed by atoms with Crippen LogP contribution in [0, 0.1) is 20.2 Å². The number of ether oxygens (including phenoxy) is 2. The first kappa shape index (κ1) is 23.2. The molecule has 0 aromatic heterocycles. The molecular formula is C21H14ClN3O8. The van der Waals surface area contributed by atoms with Gasteiger partial charge in [0.25, 0.3) is 5.69 Å². The number of primary amides is 1. The van der Waals surface area contributed by atoms with Gasteiger partial charge in [-0.3, -0.25) is 25.0 Å². The van der Waals surface area contributed by atoms with Crippen molar-refractivity contribution < 1.29 is 28.9 Å². The lowest BCUT2D eigenvalue weighted by Gasteiger charge is -2.09. The first-order valence-electron chi connectivity index (χ1n) is 9.12. The fraction of sp³-hybridized carbons (Fsp3) is 0.0476. The number of carbonyl (C=O) groups excluding carboxylic acids is 2. The summed E-state index contributed by atoms with van der Waals surface area (Å²) in [6.07, 6.45) is 0. The Morgan fingerprint density at radius 3 is 2.12 bits per heavy atom. The number of esters is 1. The highest BCUT2D eigenvalue weighted by Gasteiger charge is 2.19. The Hall–Kier alpha value is -4.51. The van der Waals surface area contributed by atoms with Crippen LogP contribution in [0.4, 0.5) is 11.4 Å². The van der Waals surface area contributed by atoms with Gasteiger partial charge in [0.05, 0.1) is 21.0 Å². The van der Waals surface area contributed by atoms with Crippen LogP contribution in [0.2, 0.25) is 5.02 Å². The summed E-state index contributed by atoms with van der Waals surface area (Å²) in [7, 11) is 0. The number of carbonyl (C=O) groups is 2. The minimum absolute atomic E-state index is 0.0357. The van der Waals surface area contributed by atoms with Crippen molar-refractivity contribution >= 4 is 34.9 Å². The van der Waals surface area contributed by atoms with Gasteiger partial charge < -0.3 is 15.2 Å². The maximum absolute atomic E-state index is 12.3. The Bertz CT molecular complexity index is 1260. The Kier molecular flexibility index (Phi) is 6.84. The van der Waals surface area contributed by atoms with Gasteiger partial charge in [0, 0.05) is 22.7 Å². The van der Waals surface area contributed by atoms with Crippen molar-refractivity contribution in [2.24, 2.45) is 5.73 Å². The van der Waals surface area contributed by atoms with Crippen molar-refractivity contribution in [2.45, 2.75) is 6.61 Å². The van der Waals surface area contributed by atoms with Crippen molar-refractivity contribution in [2.75, 3.05) is 0 Å². The molecule has 0 aliphatic rings. The molecule has 1 amide bonds. The van der Waals surface area contributed by atoms with Gasteiger partial charge in [0.2, 0.25) is 11.7 Å². The molecule has 3 rings (SSSR count). The minimum atomic E-state index is -0.826. The molecule has 0 aliphatic carbocycles. The smallest absolute Gasteiger partial charge is 0.338 e. The van der Waals surface area contributed by atoms with Crippen LogP contribution >= 0.6 is 11.6 Å². The number of amides is 1. The van der Waals surface area contributed by atoms with E-state index >= 15 is 0 Å². The lowest BCUT2D eigenvalue weighted by atomic mass is 10.1. The maximum atomic E-state index is 12.3. The Morgan fingerprint density at radius 1 is 0.879 bits per heavy atom. The highest BCUT2D eigenvalue weighted by molar-refractivity contribution is 6.30. The average molecular weight is 472 g/mol. The van der Waals surface area contributed by atoms with E-state index in [2.05, 4.69) is 0 Å². The second kappa shape index (κ2) is 9.75. The van der Waals surface area contributed by atoms with Gasteiger partial charge in [-0.1, -0.05) is 11.6 Å².